The average Bonchev–Trinajstić information content (AvgIpc) is 3.58. The quantitative estimate of drug-likeness (QED) is 0.387. The first-order valence-electron chi connectivity index (χ1n) is 13.1. The van der Waals surface area contributed by atoms with Crippen LogP contribution in [-0.2, 0) is 17.8 Å². The maximum absolute atomic E-state index is 12.9. The summed E-state index contributed by atoms with van der Waals surface area (Å²) in [5, 5.41) is 3.07. The van der Waals surface area contributed by atoms with Gasteiger partial charge in [0.15, 0.2) is 23.0 Å². The van der Waals surface area contributed by atoms with Crippen molar-refractivity contribution >= 4 is 5.91 Å². The lowest BCUT2D eigenvalue weighted by atomic mass is 9.84. The Morgan fingerprint density at radius 2 is 1.57 bits per heavy atom. The second-order valence-electron chi connectivity index (χ2n) is 9.86. The molecule has 1 N–H and O–H groups in total. The van der Waals surface area contributed by atoms with Crippen LogP contribution in [0.4, 0.5) is 0 Å². The molecule has 0 radical (unpaired) electrons. The number of carbonyl (C=O) groups is 1. The molecular weight excluding hydrogens is 466 g/mol. The van der Waals surface area contributed by atoms with Crippen LogP contribution >= 0.6 is 0 Å². The Morgan fingerprint density at radius 1 is 0.811 bits per heavy atom. The minimum Gasteiger partial charge on any atom is -0.493 e. The van der Waals surface area contributed by atoms with Crippen LogP contribution in [0.5, 0.6) is 23.0 Å². The van der Waals surface area contributed by atoms with E-state index in [0.717, 1.165) is 41.0 Å². The zero-order chi connectivity index (χ0) is 25.6. The zero-order valence-corrected chi connectivity index (χ0v) is 21.6. The molecule has 1 aliphatic heterocycles. The molecule has 37 heavy (non-hydrogen) atoms. The number of benzene rings is 3. The van der Waals surface area contributed by atoms with Crippen LogP contribution in [0.3, 0.4) is 0 Å². The fourth-order valence-corrected chi connectivity index (χ4v) is 5.40. The minimum absolute atomic E-state index is 0.0457. The predicted octanol–water partition coefficient (Wildman–Crippen LogP) is 5.68. The lowest BCUT2D eigenvalue weighted by molar-refractivity contribution is -0.122. The number of nitrogens with one attached hydrogen (secondary N) is 1. The second-order valence-corrected chi connectivity index (χ2v) is 9.86. The van der Waals surface area contributed by atoms with Crippen LogP contribution in [0.2, 0.25) is 0 Å². The Bertz CT molecular complexity index is 1210. The highest BCUT2D eigenvalue weighted by atomic mass is 16.5. The second kappa shape index (κ2) is 11.6. The number of methoxy groups -OCH3 is 2. The van der Waals surface area contributed by atoms with E-state index >= 15 is 0 Å². The van der Waals surface area contributed by atoms with Gasteiger partial charge in [0, 0.05) is 12.5 Å². The Labute approximate surface area is 218 Å². The summed E-state index contributed by atoms with van der Waals surface area (Å²) >= 11 is 0. The standard InChI is InChI=1S/C31H35NO5/c1-34-27-15-13-23(18-30(27)37-24-10-6-7-11-24)26-19-32-31(33)25(26)16-22-12-14-28(29(17-22)35-2)36-20-21-8-4-3-5-9-21/h3-5,8-9,12-15,17-18,24-26H,6-7,10-11,16,19-20H2,1-2H3,(H,32,33). The summed E-state index contributed by atoms with van der Waals surface area (Å²) in [4.78, 5) is 12.9. The number of ether oxygens (including phenoxy) is 4. The van der Waals surface area contributed by atoms with Crippen molar-refractivity contribution in [3.05, 3.63) is 83.4 Å². The van der Waals surface area contributed by atoms with Crippen molar-refractivity contribution in [3.63, 3.8) is 0 Å². The van der Waals surface area contributed by atoms with Gasteiger partial charge in [0.1, 0.15) is 6.61 Å². The van der Waals surface area contributed by atoms with Crippen LogP contribution in [0, 0.1) is 5.92 Å². The molecule has 3 aromatic carbocycles. The molecule has 1 saturated carbocycles. The van der Waals surface area contributed by atoms with Crippen LogP contribution in [0.1, 0.15) is 48.3 Å². The monoisotopic (exact) mass is 501 g/mol. The molecule has 2 atom stereocenters. The molecule has 0 bridgehead atoms. The molecule has 1 aliphatic carbocycles. The lowest BCUT2D eigenvalue weighted by Crippen LogP contribution is -2.21. The van der Waals surface area contributed by atoms with Gasteiger partial charge < -0.3 is 24.3 Å². The van der Waals surface area contributed by atoms with Gasteiger partial charge in [0.2, 0.25) is 5.91 Å². The van der Waals surface area contributed by atoms with Crippen molar-refractivity contribution in [1.82, 2.24) is 5.32 Å². The number of carbonyl (C=O) groups excluding carboxylic acids is 1. The van der Waals surface area contributed by atoms with Crippen molar-refractivity contribution in [2.75, 3.05) is 20.8 Å². The predicted molar refractivity (Wildman–Crippen MR) is 143 cm³/mol. The highest BCUT2D eigenvalue weighted by Gasteiger charge is 2.36. The Kier molecular flexibility index (Phi) is 7.83. The maximum atomic E-state index is 12.9. The zero-order valence-electron chi connectivity index (χ0n) is 21.6. The molecule has 0 spiro atoms. The molecular formula is C31H35NO5. The molecule has 1 amide bonds. The van der Waals surface area contributed by atoms with Crippen molar-refractivity contribution in [3.8, 4) is 23.0 Å². The molecule has 5 rings (SSSR count). The summed E-state index contributed by atoms with van der Waals surface area (Å²) in [6.07, 6.45) is 5.40. The van der Waals surface area contributed by atoms with E-state index in [-0.39, 0.29) is 23.8 Å². The first-order chi connectivity index (χ1) is 18.1. The summed E-state index contributed by atoms with van der Waals surface area (Å²) in [6, 6.07) is 22.0. The summed E-state index contributed by atoms with van der Waals surface area (Å²) in [5.74, 6) is 2.79. The lowest BCUT2D eigenvalue weighted by Gasteiger charge is -2.21. The Hall–Kier alpha value is -3.67. The topological polar surface area (TPSA) is 66.0 Å². The molecule has 6 nitrogen and oxygen atoms in total. The fourth-order valence-electron chi connectivity index (χ4n) is 5.40. The van der Waals surface area contributed by atoms with E-state index in [0.29, 0.717) is 31.1 Å². The van der Waals surface area contributed by atoms with E-state index in [4.69, 9.17) is 18.9 Å². The third kappa shape index (κ3) is 5.85. The first kappa shape index (κ1) is 25.0. The van der Waals surface area contributed by atoms with Gasteiger partial charge in [-0.25, -0.2) is 0 Å². The molecule has 3 aromatic rings. The van der Waals surface area contributed by atoms with Gasteiger partial charge in [-0.3, -0.25) is 4.79 Å². The first-order valence-corrected chi connectivity index (χ1v) is 13.1. The Balaban J connectivity index is 1.32. The largest absolute Gasteiger partial charge is 0.493 e. The number of hydrogen-bond donors (Lipinski definition) is 1. The minimum atomic E-state index is -0.187. The van der Waals surface area contributed by atoms with E-state index in [1.165, 1.54) is 12.8 Å². The fraction of sp³-hybridized carbons (Fsp3) is 0.387. The highest BCUT2D eigenvalue weighted by Crippen LogP contribution is 2.39. The molecule has 1 saturated heterocycles. The number of amides is 1. The van der Waals surface area contributed by atoms with E-state index in [1.54, 1.807) is 14.2 Å². The van der Waals surface area contributed by atoms with Gasteiger partial charge in [0.25, 0.3) is 0 Å². The smallest absolute Gasteiger partial charge is 0.224 e. The normalized spacial score (nSPS) is 19.5. The van der Waals surface area contributed by atoms with Gasteiger partial charge in [-0.1, -0.05) is 42.5 Å². The molecule has 2 aliphatic rings. The molecule has 6 heteroatoms. The van der Waals surface area contributed by atoms with Crippen LogP contribution < -0.4 is 24.3 Å². The van der Waals surface area contributed by atoms with Crippen LogP contribution in [-0.4, -0.2) is 32.8 Å². The van der Waals surface area contributed by atoms with Gasteiger partial charge in [-0.15, -0.1) is 0 Å². The molecule has 2 fully saturated rings. The van der Waals surface area contributed by atoms with Gasteiger partial charge in [0.05, 0.1) is 26.2 Å². The SMILES string of the molecule is COc1cc(CC2C(=O)NCC2c2ccc(OC)c(OC3CCCC3)c2)ccc1OCc1ccccc1. The number of rotatable bonds is 10. The molecule has 194 valence electrons. The summed E-state index contributed by atoms with van der Waals surface area (Å²) in [7, 11) is 3.31. The van der Waals surface area contributed by atoms with Crippen molar-refractivity contribution < 1.29 is 23.7 Å². The van der Waals surface area contributed by atoms with Gasteiger partial charge in [-0.05, 0) is 73.1 Å². The van der Waals surface area contributed by atoms with E-state index in [9.17, 15) is 4.79 Å². The maximum Gasteiger partial charge on any atom is 0.224 e. The average molecular weight is 502 g/mol. The Morgan fingerprint density at radius 3 is 2.32 bits per heavy atom. The van der Waals surface area contributed by atoms with Crippen LogP contribution in [0.15, 0.2) is 66.7 Å². The van der Waals surface area contributed by atoms with E-state index in [1.807, 2.05) is 54.6 Å². The summed E-state index contributed by atoms with van der Waals surface area (Å²) < 4.78 is 23.5. The summed E-state index contributed by atoms with van der Waals surface area (Å²) in [5.41, 5.74) is 3.22. The van der Waals surface area contributed by atoms with E-state index in [2.05, 4.69) is 17.4 Å². The molecule has 0 aromatic heterocycles. The van der Waals surface area contributed by atoms with Crippen molar-refractivity contribution in [1.29, 1.82) is 0 Å². The molecule has 2 unspecified atom stereocenters. The third-order valence-electron chi connectivity index (χ3n) is 7.45. The van der Waals surface area contributed by atoms with Crippen molar-refractivity contribution in [2.45, 2.75) is 50.7 Å². The molecule has 1 heterocycles. The van der Waals surface area contributed by atoms with Crippen LogP contribution in [0.25, 0.3) is 0 Å². The van der Waals surface area contributed by atoms with Crippen molar-refractivity contribution in [2.24, 2.45) is 5.92 Å². The number of hydrogen-bond acceptors (Lipinski definition) is 5. The summed E-state index contributed by atoms with van der Waals surface area (Å²) in [6.45, 7) is 1.07. The third-order valence-corrected chi connectivity index (χ3v) is 7.45. The van der Waals surface area contributed by atoms with E-state index < -0.39 is 0 Å². The highest BCUT2D eigenvalue weighted by molar-refractivity contribution is 5.82. The van der Waals surface area contributed by atoms with Gasteiger partial charge >= 0.3 is 0 Å². The van der Waals surface area contributed by atoms with Gasteiger partial charge in [-0.2, -0.15) is 0 Å².